The highest BCUT2D eigenvalue weighted by Crippen LogP contribution is 2.22. The van der Waals surface area contributed by atoms with Crippen LogP contribution in [0.4, 0.5) is 14.5 Å². The van der Waals surface area contributed by atoms with Gasteiger partial charge in [-0.25, -0.2) is 17.2 Å². The minimum absolute atomic E-state index is 0.0352. The SMILES string of the molecule is C[C@@H](C(=O)NC1CCCCC1)N(Cc1ccc(Br)cc1)C(=O)CN(c1ccc(F)c(F)c1)S(C)(=O)=O. The number of halogens is 3. The third-order valence-corrected chi connectivity index (χ3v) is 7.92. The number of hydrogen-bond acceptors (Lipinski definition) is 4. The number of hydrogen-bond donors (Lipinski definition) is 1. The lowest BCUT2D eigenvalue weighted by molar-refractivity contribution is -0.139. The van der Waals surface area contributed by atoms with Crippen molar-refractivity contribution in [2.24, 2.45) is 0 Å². The number of carbonyl (C=O) groups excluding carboxylic acids is 2. The lowest BCUT2D eigenvalue weighted by Crippen LogP contribution is -2.53. The highest BCUT2D eigenvalue weighted by molar-refractivity contribution is 9.10. The number of sulfonamides is 1. The van der Waals surface area contributed by atoms with Crippen LogP contribution >= 0.6 is 15.9 Å². The van der Waals surface area contributed by atoms with Crippen LogP contribution in [0.25, 0.3) is 0 Å². The number of anilines is 1. The lowest BCUT2D eigenvalue weighted by atomic mass is 9.95. The van der Waals surface area contributed by atoms with Crippen molar-refractivity contribution >= 4 is 43.5 Å². The van der Waals surface area contributed by atoms with Gasteiger partial charge in [-0.15, -0.1) is 0 Å². The van der Waals surface area contributed by atoms with E-state index in [4.69, 9.17) is 0 Å². The summed E-state index contributed by atoms with van der Waals surface area (Å²) >= 11 is 3.36. The summed E-state index contributed by atoms with van der Waals surface area (Å²) in [5, 5.41) is 3.01. The minimum Gasteiger partial charge on any atom is -0.352 e. The Labute approximate surface area is 219 Å². The molecular weight excluding hydrogens is 556 g/mol. The Balaban J connectivity index is 1.87. The van der Waals surface area contributed by atoms with Crippen LogP contribution in [0.1, 0.15) is 44.6 Å². The normalized spacial score (nSPS) is 15.2. The summed E-state index contributed by atoms with van der Waals surface area (Å²) < 4.78 is 53.8. The molecule has 0 bridgehead atoms. The zero-order valence-corrected chi connectivity index (χ0v) is 22.6. The number of rotatable bonds is 9. The van der Waals surface area contributed by atoms with E-state index in [1.165, 1.54) is 4.90 Å². The van der Waals surface area contributed by atoms with Crippen LogP contribution < -0.4 is 9.62 Å². The van der Waals surface area contributed by atoms with Gasteiger partial charge < -0.3 is 10.2 Å². The van der Waals surface area contributed by atoms with Gasteiger partial charge in [0.2, 0.25) is 21.8 Å². The summed E-state index contributed by atoms with van der Waals surface area (Å²) in [6, 6.07) is 8.94. The second kappa shape index (κ2) is 12.1. The molecule has 1 N–H and O–H groups in total. The van der Waals surface area contributed by atoms with E-state index in [1.807, 2.05) is 0 Å². The second-order valence-corrected chi connectivity index (χ2v) is 11.9. The molecule has 7 nitrogen and oxygen atoms in total. The summed E-state index contributed by atoms with van der Waals surface area (Å²) in [6.45, 7) is 0.972. The van der Waals surface area contributed by atoms with Crippen molar-refractivity contribution in [1.29, 1.82) is 0 Å². The quantitative estimate of drug-likeness (QED) is 0.473. The molecule has 0 aromatic heterocycles. The van der Waals surface area contributed by atoms with Crippen LogP contribution in [-0.2, 0) is 26.2 Å². The Bertz CT molecular complexity index is 1190. The zero-order chi connectivity index (χ0) is 26.5. The fourth-order valence-corrected chi connectivity index (χ4v) is 5.30. The molecule has 0 unspecified atom stereocenters. The molecule has 196 valence electrons. The summed E-state index contributed by atoms with van der Waals surface area (Å²) in [5.41, 5.74) is 0.551. The van der Waals surface area contributed by atoms with Crippen LogP contribution in [0.2, 0.25) is 0 Å². The number of carbonyl (C=O) groups is 2. The molecule has 2 amide bonds. The molecule has 0 aliphatic heterocycles. The van der Waals surface area contributed by atoms with E-state index in [1.54, 1.807) is 31.2 Å². The predicted molar refractivity (Wildman–Crippen MR) is 138 cm³/mol. The third-order valence-electron chi connectivity index (χ3n) is 6.26. The molecule has 1 aliphatic rings. The molecule has 36 heavy (non-hydrogen) atoms. The number of nitrogens with zero attached hydrogens (tertiary/aromatic N) is 2. The molecule has 2 aromatic carbocycles. The Morgan fingerprint density at radius 1 is 1.06 bits per heavy atom. The predicted octanol–water partition coefficient (Wildman–Crippen LogP) is 4.36. The van der Waals surface area contributed by atoms with Crippen LogP contribution in [0.5, 0.6) is 0 Å². The molecule has 11 heteroatoms. The summed E-state index contributed by atoms with van der Waals surface area (Å²) in [4.78, 5) is 27.9. The van der Waals surface area contributed by atoms with Crippen molar-refractivity contribution in [2.45, 2.75) is 57.7 Å². The lowest BCUT2D eigenvalue weighted by Gasteiger charge is -2.33. The van der Waals surface area contributed by atoms with E-state index in [-0.39, 0.29) is 24.2 Å². The number of benzene rings is 2. The average molecular weight is 586 g/mol. The van der Waals surface area contributed by atoms with Crippen molar-refractivity contribution in [2.75, 3.05) is 17.1 Å². The Morgan fingerprint density at radius 2 is 1.69 bits per heavy atom. The Morgan fingerprint density at radius 3 is 2.28 bits per heavy atom. The van der Waals surface area contributed by atoms with Gasteiger partial charge in [-0.3, -0.25) is 13.9 Å². The standard InChI is InChI=1S/C25H30BrF2N3O4S/c1-17(25(33)29-20-6-4-3-5-7-20)30(15-18-8-10-19(26)11-9-18)24(32)16-31(36(2,34)35)21-12-13-22(27)23(28)14-21/h8-14,17,20H,3-7,15-16H2,1-2H3,(H,29,33)/t17-/m0/s1. The van der Waals surface area contributed by atoms with E-state index >= 15 is 0 Å². The van der Waals surface area contributed by atoms with E-state index in [2.05, 4.69) is 21.2 Å². The highest BCUT2D eigenvalue weighted by atomic mass is 79.9. The van der Waals surface area contributed by atoms with Crippen LogP contribution in [0, 0.1) is 11.6 Å². The monoisotopic (exact) mass is 585 g/mol. The van der Waals surface area contributed by atoms with E-state index in [0.717, 1.165) is 66.6 Å². The highest BCUT2D eigenvalue weighted by Gasteiger charge is 2.31. The Hall–Kier alpha value is -2.53. The average Bonchev–Trinajstić information content (AvgIpc) is 2.83. The first-order valence-corrected chi connectivity index (χ1v) is 14.4. The zero-order valence-electron chi connectivity index (χ0n) is 20.2. The molecule has 1 aliphatic carbocycles. The van der Waals surface area contributed by atoms with Gasteiger partial charge in [-0.2, -0.15) is 0 Å². The molecular formula is C25H30BrF2N3O4S. The van der Waals surface area contributed by atoms with Crippen molar-refractivity contribution in [3.05, 3.63) is 64.1 Å². The molecule has 1 fully saturated rings. The molecule has 2 aromatic rings. The summed E-state index contributed by atoms with van der Waals surface area (Å²) in [5.74, 6) is -3.35. The third kappa shape index (κ3) is 7.49. The van der Waals surface area contributed by atoms with Gasteiger partial charge in [0.05, 0.1) is 11.9 Å². The largest absolute Gasteiger partial charge is 0.352 e. The van der Waals surface area contributed by atoms with E-state index < -0.39 is 40.2 Å². The first kappa shape index (κ1) is 28.0. The summed E-state index contributed by atoms with van der Waals surface area (Å²) in [7, 11) is -4.03. The second-order valence-electron chi connectivity index (χ2n) is 9.04. The van der Waals surface area contributed by atoms with Gasteiger partial charge in [-0.05, 0) is 49.6 Å². The summed E-state index contributed by atoms with van der Waals surface area (Å²) in [6.07, 6.45) is 5.80. The fraction of sp³-hybridized carbons (Fsp3) is 0.440. The molecule has 3 rings (SSSR count). The molecule has 0 radical (unpaired) electrons. The first-order valence-electron chi connectivity index (χ1n) is 11.7. The Kier molecular flexibility index (Phi) is 9.46. The van der Waals surface area contributed by atoms with Crippen molar-refractivity contribution < 1.29 is 26.8 Å². The van der Waals surface area contributed by atoms with Gasteiger partial charge in [0.25, 0.3) is 0 Å². The van der Waals surface area contributed by atoms with Crippen LogP contribution in [-0.4, -0.2) is 50.0 Å². The molecule has 0 saturated heterocycles. The van der Waals surface area contributed by atoms with Crippen molar-refractivity contribution in [3.8, 4) is 0 Å². The maximum absolute atomic E-state index is 13.9. The molecule has 0 heterocycles. The van der Waals surface area contributed by atoms with Gasteiger partial charge in [0.1, 0.15) is 12.6 Å². The van der Waals surface area contributed by atoms with E-state index in [9.17, 15) is 26.8 Å². The fourth-order valence-electron chi connectivity index (χ4n) is 4.19. The van der Waals surface area contributed by atoms with Gasteiger partial charge in [0, 0.05) is 23.1 Å². The first-order chi connectivity index (χ1) is 17.0. The molecule has 1 atom stereocenters. The smallest absolute Gasteiger partial charge is 0.244 e. The van der Waals surface area contributed by atoms with Crippen molar-refractivity contribution in [3.63, 3.8) is 0 Å². The molecule has 0 spiro atoms. The van der Waals surface area contributed by atoms with E-state index in [0.29, 0.717) is 4.31 Å². The van der Waals surface area contributed by atoms with Crippen LogP contribution in [0.15, 0.2) is 46.9 Å². The maximum atomic E-state index is 13.9. The topological polar surface area (TPSA) is 86.8 Å². The number of amides is 2. The minimum atomic E-state index is -4.03. The maximum Gasteiger partial charge on any atom is 0.244 e. The van der Waals surface area contributed by atoms with Crippen molar-refractivity contribution in [1.82, 2.24) is 10.2 Å². The van der Waals surface area contributed by atoms with Crippen LogP contribution in [0.3, 0.4) is 0 Å². The molecule has 1 saturated carbocycles. The van der Waals surface area contributed by atoms with Gasteiger partial charge >= 0.3 is 0 Å². The number of nitrogens with one attached hydrogen (secondary N) is 1. The van der Waals surface area contributed by atoms with Gasteiger partial charge in [-0.1, -0.05) is 47.3 Å². The van der Waals surface area contributed by atoms with Gasteiger partial charge in [0.15, 0.2) is 11.6 Å².